The summed E-state index contributed by atoms with van der Waals surface area (Å²) in [4.78, 5) is 29.0. The number of anilines is 1. The predicted molar refractivity (Wildman–Crippen MR) is 113 cm³/mol. The van der Waals surface area contributed by atoms with Gasteiger partial charge in [0.1, 0.15) is 5.00 Å². The average Bonchev–Trinajstić information content (AvgIpc) is 2.98. The van der Waals surface area contributed by atoms with Crippen molar-refractivity contribution in [2.24, 2.45) is 11.8 Å². The van der Waals surface area contributed by atoms with Crippen LogP contribution in [0.3, 0.4) is 0 Å². The number of carbonyl (C=O) groups excluding carboxylic acids is 2. The SMILES string of the molecule is COCCNC(=O)c1c(NC(=O)CN2C[C@H](C)C[C@@H](C)C2)sc2c1CCCC2. The van der Waals surface area contributed by atoms with Crippen LogP contribution >= 0.6 is 11.3 Å². The summed E-state index contributed by atoms with van der Waals surface area (Å²) >= 11 is 1.58. The molecule has 1 aromatic heterocycles. The van der Waals surface area contributed by atoms with Crippen LogP contribution in [0, 0.1) is 11.8 Å². The Hall–Kier alpha value is -1.44. The Morgan fingerprint density at radius 3 is 2.61 bits per heavy atom. The number of fused-ring (bicyclic) bond motifs is 1. The molecule has 0 radical (unpaired) electrons. The third-order valence-corrected chi connectivity index (χ3v) is 6.76. The molecule has 1 aliphatic carbocycles. The normalized spacial score (nSPS) is 22.5. The molecule has 2 aliphatic rings. The van der Waals surface area contributed by atoms with E-state index in [9.17, 15) is 9.59 Å². The number of aryl methyl sites for hydroxylation is 1. The second kappa shape index (κ2) is 9.85. The van der Waals surface area contributed by atoms with Crippen LogP contribution in [0.25, 0.3) is 0 Å². The van der Waals surface area contributed by atoms with Crippen molar-refractivity contribution in [3.05, 3.63) is 16.0 Å². The average molecular weight is 408 g/mol. The van der Waals surface area contributed by atoms with Crippen molar-refractivity contribution in [1.29, 1.82) is 0 Å². The molecule has 1 saturated heterocycles. The molecule has 0 unspecified atom stereocenters. The van der Waals surface area contributed by atoms with Crippen LogP contribution < -0.4 is 10.6 Å². The molecule has 28 heavy (non-hydrogen) atoms. The van der Waals surface area contributed by atoms with Gasteiger partial charge in [0.2, 0.25) is 5.91 Å². The molecule has 2 N–H and O–H groups in total. The van der Waals surface area contributed by atoms with Gasteiger partial charge in [-0.3, -0.25) is 14.5 Å². The summed E-state index contributed by atoms with van der Waals surface area (Å²) in [7, 11) is 1.62. The summed E-state index contributed by atoms with van der Waals surface area (Å²) in [6.45, 7) is 7.75. The highest BCUT2D eigenvalue weighted by Crippen LogP contribution is 2.38. The second-order valence-electron chi connectivity index (χ2n) is 8.35. The zero-order valence-electron chi connectivity index (χ0n) is 17.3. The highest BCUT2D eigenvalue weighted by Gasteiger charge is 2.28. The van der Waals surface area contributed by atoms with Crippen molar-refractivity contribution in [2.45, 2.75) is 46.0 Å². The minimum Gasteiger partial charge on any atom is -0.383 e. The minimum absolute atomic E-state index is 0.0224. The van der Waals surface area contributed by atoms with Crippen molar-refractivity contribution in [1.82, 2.24) is 10.2 Å². The number of rotatable bonds is 7. The fraction of sp³-hybridized carbons (Fsp3) is 0.714. The highest BCUT2D eigenvalue weighted by atomic mass is 32.1. The summed E-state index contributed by atoms with van der Waals surface area (Å²) in [5.41, 5.74) is 1.80. The number of ether oxygens (including phenoxy) is 1. The molecule has 1 fully saturated rings. The van der Waals surface area contributed by atoms with Crippen molar-refractivity contribution in [3.63, 3.8) is 0 Å². The molecule has 0 aromatic carbocycles. The number of hydrogen-bond donors (Lipinski definition) is 2. The van der Waals surface area contributed by atoms with Crippen LogP contribution in [0.15, 0.2) is 0 Å². The fourth-order valence-corrected chi connectivity index (χ4v) is 5.84. The molecule has 156 valence electrons. The monoisotopic (exact) mass is 407 g/mol. The molecule has 7 heteroatoms. The van der Waals surface area contributed by atoms with E-state index in [2.05, 4.69) is 29.4 Å². The lowest BCUT2D eigenvalue weighted by Crippen LogP contribution is -2.42. The molecule has 0 spiro atoms. The van der Waals surface area contributed by atoms with Crippen LogP contribution in [0.4, 0.5) is 5.00 Å². The molecule has 6 nitrogen and oxygen atoms in total. The van der Waals surface area contributed by atoms with Gasteiger partial charge in [0.15, 0.2) is 0 Å². The highest BCUT2D eigenvalue weighted by molar-refractivity contribution is 7.17. The molecule has 1 aromatic rings. The van der Waals surface area contributed by atoms with Crippen LogP contribution in [-0.2, 0) is 22.4 Å². The number of methoxy groups -OCH3 is 1. The molecule has 2 amide bonds. The van der Waals surface area contributed by atoms with Gasteiger partial charge >= 0.3 is 0 Å². The van der Waals surface area contributed by atoms with Crippen LogP contribution in [0.5, 0.6) is 0 Å². The fourth-order valence-electron chi connectivity index (χ4n) is 4.54. The maximum absolute atomic E-state index is 12.8. The lowest BCUT2D eigenvalue weighted by molar-refractivity contribution is -0.117. The Morgan fingerprint density at radius 2 is 1.89 bits per heavy atom. The third kappa shape index (κ3) is 5.33. The second-order valence-corrected chi connectivity index (χ2v) is 9.46. The Bertz CT molecular complexity index is 693. The van der Waals surface area contributed by atoms with E-state index in [1.54, 1.807) is 18.4 Å². The molecule has 2 heterocycles. The van der Waals surface area contributed by atoms with Crippen molar-refractivity contribution in [3.8, 4) is 0 Å². The first-order valence-electron chi connectivity index (χ1n) is 10.4. The number of likely N-dealkylation sites (tertiary alicyclic amines) is 1. The quantitative estimate of drug-likeness (QED) is 0.682. The Morgan fingerprint density at radius 1 is 1.18 bits per heavy atom. The van der Waals surface area contributed by atoms with E-state index >= 15 is 0 Å². The number of amides is 2. The lowest BCUT2D eigenvalue weighted by atomic mass is 9.92. The van der Waals surface area contributed by atoms with Crippen LogP contribution in [0.2, 0.25) is 0 Å². The predicted octanol–water partition coefficient (Wildman–Crippen LogP) is 2.92. The number of thiophene rings is 1. The van der Waals surface area contributed by atoms with Gasteiger partial charge in [0, 0.05) is 31.6 Å². The van der Waals surface area contributed by atoms with Gasteiger partial charge in [0.25, 0.3) is 5.91 Å². The molecule has 2 atom stereocenters. The largest absolute Gasteiger partial charge is 0.383 e. The van der Waals surface area contributed by atoms with Gasteiger partial charge in [0.05, 0.1) is 18.7 Å². The summed E-state index contributed by atoms with van der Waals surface area (Å²) in [5.74, 6) is 1.11. The summed E-state index contributed by atoms with van der Waals surface area (Å²) in [6.07, 6.45) is 5.38. The summed E-state index contributed by atoms with van der Waals surface area (Å²) in [5, 5.41) is 6.70. The lowest BCUT2D eigenvalue weighted by Gasteiger charge is -2.34. The number of hydrogen-bond acceptors (Lipinski definition) is 5. The number of carbonyl (C=O) groups is 2. The topological polar surface area (TPSA) is 70.7 Å². The first-order valence-corrected chi connectivity index (χ1v) is 11.2. The van der Waals surface area contributed by atoms with E-state index in [0.29, 0.717) is 42.1 Å². The van der Waals surface area contributed by atoms with Crippen molar-refractivity contribution < 1.29 is 14.3 Å². The molecular weight excluding hydrogens is 374 g/mol. The maximum Gasteiger partial charge on any atom is 0.254 e. The van der Waals surface area contributed by atoms with Gasteiger partial charge in [-0.1, -0.05) is 13.8 Å². The Labute approximate surface area is 172 Å². The van der Waals surface area contributed by atoms with Gasteiger partial charge in [-0.05, 0) is 49.5 Å². The number of nitrogens with zero attached hydrogens (tertiary/aromatic N) is 1. The van der Waals surface area contributed by atoms with E-state index < -0.39 is 0 Å². The van der Waals surface area contributed by atoms with E-state index in [-0.39, 0.29) is 11.8 Å². The first kappa shape index (κ1) is 21.3. The van der Waals surface area contributed by atoms with Gasteiger partial charge in [-0.2, -0.15) is 0 Å². The van der Waals surface area contributed by atoms with Crippen LogP contribution in [-0.4, -0.2) is 56.6 Å². The number of piperidine rings is 1. The molecule has 3 rings (SSSR count). The zero-order chi connectivity index (χ0) is 20.1. The van der Waals surface area contributed by atoms with Gasteiger partial charge < -0.3 is 15.4 Å². The van der Waals surface area contributed by atoms with Crippen molar-refractivity contribution in [2.75, 3.05) is 45.2 Å². The van der Waals surface area contributed by atoms with Crippen molar-refractivity contribution >= 4 is 28.2 Å². The van der Waals surface area contributed by atoms with Gasteiger partial charge in [-0.15, -0.1) is 11.3 Å². The molecule has 0 saturated carbocycles. The first-order chi connectivity index (χ1) is 13.5. The third-order valence-electron chi connectivity index (χ3n) is 5.55. The molecular formula is C21H33N3O3S. The van der Waals surface area contributed by atoms with Crippen LogP contribution in [0.1, 0.15) is 53.9 Å². The number of nitrogens with one attached hydrogen (secondary N) is 2. The molecule has 1 aliphatic heterocycles. The summed E-state index contributed by atoms with van der Waals surface area (Å²) < 4.78 is 5.03. The van der Waals surface area contributed by atoms with E-state index in [1.807, 2.05) is 0 Å². The standard InChI is InChI=1S/C21H33N3O3S/c1-14-10-15(2)12-24(11-14)13-18(25)23-21-19(20(26)22-8-9-27-3)16-6-4-5-7-17(16)28-21/h14-15H,4-13H2,1-3H3,(H,22,26)(H,23,25)/t14-,15-/m1/s1. The van der Waals surface area contributed by atoms with Gasteiger partial charge in [-0.25, -0.2) is 0 Å². The van der Waals surface area contributed by atoms with E-state index in [0.717, 1.165) is 44.3 Å². The van der Waals surface area contributed by atoms with E-state index in [4.69, 9.17) is 4.74 Å². The molecule has 0 bridgehead atoms. The van der Waals surface area contributed by atoms with E-state index in [1.165, 1.54) is 11.3 Å². The minimum atomic E-state index is -0.105. The Balaban J connectivity index is 1.70. The Kier molecular flexibility index (Phi) is 7.48. The smallest absolute Gasteiger partial charge is 0.254 e. The maximum atomic E-state index is 12.8. The summed E-state index contributed by atoms with van der Waals surface area (Å²) in [6, 6.07) is 0. The zero-order valence-corrected chi connectivity index (χ0v) is 18.1.